The van der Waals surface area contributed by atoms with E-state index < -0.39 is 5.97 Å². The molecule has 1 N–H and O–H groups in total. The van der Waals surface area contributed by atoms with Crippen LogP contribution in [-0.4, -0.2) is 32.7 Å². The van der Waals surface area contributed by atoms with Gasteiger partial charge in [-0.05, 0) is 31.9 Å². The van der Waals surface area contributed by atoms with Gasteiger partial charge in [-0.1, -0.05) is 60.2 Å². The number of carboxylic acid groups (broad SMARTS) is 1. The molecule has 0 spiro atoms. The second kappa shape index (κ2) is 9.21. The van der Waals surface area contributed by atoms with Gasteiger partial charge in [-0.2, -0.15) is 0 Å². The summed E-state index contributed by atoms with van der Waals surface area (Å²) in [6.07, 6.45) is 3.96. The van der Waals surface area contributed by atoms with Gasteiger partial charge in [0.05, 0.1) is 4.91 Å². The molecule has 0 unspecified atom stereocenters. The van der Waals surface area contributed by atoms with Gasteiger partial charge < -0.3 is 9.52 Å². The van der Waals surface area contributed by atoms with E-state index in [9.17, 15) is 9.59 Å². The Bertz CT molecular complexity index is 915. The quantitative estimate of drug-likeness (QED) is 0.367. The lowest BCUT2D eigenvalue weighted by Crippen LogP contribution is -2.29. The van der Waals surface area contributed by atoms with Crippen LogP contribution in [0.4, 0.5) is 0 Å². The maximum atomic E-state index is 12.6. The summed E-state index contributed by atoms with van der Waals surface area (Å²) in [6.45, 7) is 2.54. The third kappa shape index (κ3) is 5.11. The number of aliphatic carboxylic acids is 1. The first kappa shape index (κ1) is 20.4. The Morgan fingerprint density at radius 2 is 1.93 bits per heavy atom. The zero-order valence-corrected chi connectivity index (χ0v) is 17.1. The fourth-order valence-corrected chi connectivity index (χ4v) is 4.14. The molecule has 1 aliphatic rings. The van der Waals surface area contributed by atoms with Crippen molar-refractivity contribution in [2.75, 3.05) is 6.54 Å². The number of furan rings is 1. The number of benzene rings is 1. The van der Waals surface area contributed by atoms with Crippen molar-refractivity contribution in [3.05, 3.63) is 52.6 Å². The van der Waals surface area contributed by atoms with Crippen LogP contribution in [0.15, 0.2) is 45.7 Å². The molecular weight excluding hydrogens is 394 g/mol. The minimum Gasteiger partial charge on any atom is -0.481 e. The van der Waals surface area contributed by atoms with E-state index in [0.29, 0.717) is 28.0 Å². The smallest absolute Gasteiger partial charge is 0.303 e. The van der Waals surface area contributed by atoms with E-state index in [-0.39, 0.29) is 12.3 Å². The van der Waals surface area contributed by atoms with Crippen LogP contribution >= 0.6 is 24.0 Å². The van der Waals surface area contributed by atoms with Crippen molar-refractivity contribution in [3.8, 4) is 11.3 Å². The zero-order valence-electron chi connectivity index (χ0n) is 15.5. The molecule has 0 saturated carbocycles. The van der Waals surface area contributed by atoms with E-state index in [4.69, 9.17) is 21.7 Å². The highest BCUT2D eigenvalue weighted by Crippen LogP contribution is 2.34. The Balaban J connectivity index is 1.62. The molecule has 3 rings (SSSR count). The molecule has 28 heavy (non-hydrogen) atoms. The van der Waals surface area contributed by atoms with Gasteiger partial charge >= 0.3 is 5.97 Å². The monoisotopic (exact) mass is 415 g/mol. The highest BCUT2D eigenvalue weighted by Gasteiger charge is 2.31. The van der Waals surface area contributed by atoms with Crippen LogP contribution in [0.25, 0.3) is 17.4 Å². The number of thioether (sulfide) groups is 1. The van der Waals surface area contributed by atoms with Crippen molar-refractivity contribution in [1.29, 1.82) is 0 Å². The first-order valence-electron chi connectivity index (χ1n) is 9.08. The first-order chi connectivity index (χ1) is 13.4. The van der Waals surface area contributed by atoms with Crippen LogP contribution in [0, 0.1) is 6.92 Å². The molecule has 2 aromatic rings. The van der Waals surface area contributed by atoms with E-state index in [1.165, 1.54) is 17.3 Å². The van der Waals surface area contributed by atoms with Crippen molar-refractivity contribution in [1.82, 2.24) is 4.90 Å². The van der Waals surface area contributed by atoms with Crippen molar-refractivity contribution >= 4 is 46.3 Å². The average molecular weight is 416 g/mol. The van der Waals surface area contributed by atoms with Crippen LogP contribution in [0.1, 0.15) is 37.0 Å². The third-order valence-electron chi connectivity index (χ3n) is 4.38. The second-order valence-electron chi connectivity index (χ2n) is 6.61. The molecule has 1 amide bonds. The van der Waals surface area contributed by atoms with Gasteiger partial charge in [-0.3, -0.25) is 14.5 Å². The molecule has 0 atom stereocenters. The molecule has 5 nitrogen and oxygen atoms in total. The summed E-state index contributed by atoms with van der Waals surface area (Å²) >= 11 is 6.59. The van der Waals surface area contributed by atoms with Crippen LogP contribution in [0.3, 0.4) is 0 Å². The summed E-state index contributed by atoms with van der Waals surface area (Å²) in [5, 5.41) is 8.66. The fraction of sp³-hybridized carbons (Fsp3) is 0.286. The summed E-state index contributed by atoms with van der Waals surface area (Å²) in [4.78, 5) is 25.3. The number of rotatable bonds is 8. The second-order valence-corrected chi connectivity index (χ2v) is 8.28. The van der Waals surface area contributed by atoms with Gasteiger partial charge in [-0.15, -0.1) is 0 Å². The van der Waals surface area contributed by atoms with E-state index in [1.54, 1.807) is 11.0 Å². The molecule has 1 fully saturated rings. The number of thiocarbonyl (C=S) groups is 1. The van der Waals surface area contributed by atoms with Gasteiger partial charge in [0.1, 0.15) is 15.8 Å². The van der Waals surface area contributed by atoms with Crippen LogP contribution in [0.5, 0.6) is 0 Å². The zero-order chi connectivity index (χ0) is 20.1. The minimum atomic E-state index is -0.794. The predicted molar refractivity (Wildman–Crippen MR) is 115 cm³/mol. The fourth-order valence-electron chi connectivity index (χ4n) is 2.85. The van der Waals surface area contributed by atoms with Crippen molar-refractivity contribution in [2.24, 2.45) is 0 Å². The normalized spacial score (nSPS) is 15.6. The molecule has 1 aromatic carbocycles. The molecule has 1 aromatic heterocycles. The summed E-state index contributed by atoms with van der Waals surface area (Å²) in [6, 6.07) is 11.8. The number of carbonyl (C=O) groups excluding carboxylic acids is 1. The van der Waals surface area contributed by atoms with E-state index >= 15 is 0 Å². The molecule has 0 aliphatic carbocycles. The summed E-state index contributed by atoms with van der Waals surface area (Å²) < 4.78 is 6.39. The first-order valence-corrected chi connectivity index (χ1v) is 10.3. The Hall–Kier alpha value is -2.38. The number of hydrogen-bond acceptors (Lipinski definition) is 5. The maximum Gasteiger partial charge on any atom is 0.303 e. The number of unbranched alkanes of at least 4 members (excludes halogenated alkanes) is 2. The Kier molecular flexibility index (Phi) is 6.70. The molecule has 1 saturated heterocycles. The lowest BCUT2D eigenvalue weighted by molar-refractivity contribution is -0.137. The minimum absolute atomic E-state index is 0.124. The third-order valence-corrected chi connectivity index (χ3v) is 5.76. The van der Waals surface area contributed by atoms with Gasteiger partial charge in [0.25, 0.3) is 5.91 Å². The summed E-state index contributed by atoms with van der Waals surface area (Å²) in [7, 11) is 0. The molecule has 7 heteroatoms. The number of nitrogens with zero attached hydrogens (tertiary/aromatic N) is 1. The van der Waals surface area contributed by atoms with Gasteiger partial charge in [-0.25, -0.2) is 0 Å². The molecule has 1 aliphatic heterocycles. The molecule has 0 bridgehead atoms. The van der Waals surface area contributed by atoms with E-state index in [1.807, 2.05) is 43.3 Å². The van der Waals surface area contributed by atoms with Crippen molar-refractivity contribution in [2.45, 2.75) is 32.6 Å². The lowest BCUT2D eigenvalue weighted by atomic mass is 10.1. The number of hydrogen-bond donors (Lipinski definition) is 1. The Morgan fingerprint density at radius 1 is 1.18 bits per heavy atom. The SMILES string of the molecule is Cc1ccc(-c2ccc(/C=C3\SC(=S)N(CCCCCC(=O)O)C3=O)o2)cc1. The Labute approximate surface area is 173 Å². The number of carboxylic acids is 1. The number of amides is 1. The van der Waals surface area contributed by atoms with Gasteiger partial charge in [0.2, 0.25) is 0 Å². The topological polar surface area (TPSA) is 70.8 Å². The largest absolute Gasteiger partial charge is 0.481 e. The van der Waals surface area contributed by atoms with E-state index in [0.717, 1.165) is 24.2 Å². The van der Waals surface area contributed by atoms with E-state index in [2.05, 4.69) is 0 Å². The standard InChI is InChI=1S/C21H21NO4S2/c1-14-6-8-15(9-7-14)17-11-10-16(26-17)13-18-20(25)22(21(27)28-18)12-4-2-3-5-19(23)24/h6-11,13H,2-5,12H2,1H3,(H,23,24)/b18-13-. The van der Waals surface area contributed by atoms with Crippen molar-refractivity contribution in [3.63, 3.8) is 0 Å². The molecule has 0 radical (unpaired) electrons. The highest BCUT2D eigenvalue weighted by molar-refractivity contribution is 8.26. The lowest BCUT2D eigenvalue weighted by Gasteiger charge is -2.13. The van der Waals surface area contributed by atoms with Gasteiger partial charge in [0, 0.05) is 24.6 Å². The predicted octanol–water partition coefficient (Wildman–Crippen LogP) is 5.10. The van der Waals surface area contributed by atoms with Crippen LogP contribution in [-0.2, 0) is 9.59 Å². The number of aryl methyl sites for hydroxylation is 1. The maximum absolute atomic E-state index is 12.6. The van der Waals surface area contributed by atoms with Crippen LogP contribution in [0.2, 0.25) is 0 Å². The summed E-state index contributed by atoms with van der Waals surface area (Å²) in [5.74, 6) is 0.441. The molecule has 146 valence electrons. The summed E-state index contributed by atoms with van der Waals surface area (Å²) in [5.41, 5.74) is 2.17. The molecule has 2 heterocycles. The Morgan fingerprint density at radius 3 is 2.64 bits per heavy atom. The van der Waals surface area contributed by atoms with Gasteiger partial charge in [0.15, 0.2) is 0 Å². The molecular formula is C21H21NO4S2. The highest BCUT2D eigenvalue weighted by atomic mass is 32.2. The average Bonchev–Trinajstić information content (AvgIpc) is 3.22. The number of carbonyl (C=O) groups is 2. The van der Waals surface area contributed by atoms with Crippen LogP contribution < -0.4 is 0 Å². The van der Waals surface area contributed by atoms with Crippen molar-refractivity contribution < 1.29 is 19.1 Å².